The highest BCUT2D eigenvalue weighted by Gasteiger charge is 2.22. The lowest BCUT2D eigenvalue weighted by Crippen LogP contribution is -2.06. The van der Waals surface area contributed by atoms with Gasteiger partial charge in [-0.15, -0.1) is 0 Å². The molecule has 0 fully saturated rings. The van der Waals surface area contributed by atoms with Gasteiger partial charge in [0.1, 0.15) is 0 Å². The van der Waals surface area contributed by atoms with Crippen molar-refractivity contribution < 1.29 is 9.47 Å². The third-order valence-corrected chi connectivity index (χ3v) is 2.89. The fourth-order valence-electron chi connectivity index (χ4n) is 2.10. The number of nitrogens with two attached hydrogens (primary N) is 1. The van der Waals surface area contributed by atoms with Crippen LogP contribution in [0.15, 0.2) is 12.1 Å². The molecule has 0 spiro atoms. The van der Waals surface area contributed by atoms with Crippen LogP contribution in [0.5, 0.6) is 11.5 Å². The second-order valence-corrected chi connectivity index (χ2v) is 4.01. The molecule has 2 N–H and O–H groups in total. The van der Waals surface area contributed by atoms with Gasteiger partial charge in [-0.25, -0.2) is 0 Å². The molecule has 0 aliphatic carbocycles. The van der Waals surface area contributed by atoms with Crippen molar-refractivity contribution in [3.63, 3.8) is 0 Å². The summed E-state index contributed by atoms with van der Waals surface area (Å²) in [7, 11) is 0. The highest BCUT2D eigenvalue weighted by Crippen LogP contribution is 2.41. The fraction of sp³-hybridized carbons (Fsp3) is 0.500. The molecule has 0 bridgehead atoms. The van der Waals surface area contributed by atoms with Crippen LogP contribution in [0, 0.1) is 6.92 Å². The molecular formula is C12H17NO2. The summed E-state index contributed by atoms with van der Waals surface area (Å²) in [4.78, 5) is 0. The maximum Gasteiger partial charge on any atom is 0.231 e. The van der Waals surface area contributed by atoms with E-state index in [4.69, 9.17) is 15.2 Å². The van der Waals surface area contributed by atoms with Crippen LogP contribution in [-0.2, 0) is 0 Å². The SMILES string of the molecule is Cc1ccc2c(c1C(C)CCN)OCO2. The van der Waals surface area contributed by atoms with Gasteiger partial charge in [0.15, 0.2) is 11.5 Å². The van der Waals surface area contributed by atoms with Crippen LogP contribution in [-0.4, -0.2) is 13.3 Å². The molecule has 1 aliphatic rings. The number of hydrogen-bond acceptors (Lipinski definition) is 3. The molecule has 3 heteroatoms. The second-order valence-electron chi connectivity index (χ2n) is 4.01. The molecule has 3 nitrogen and oxygen atoms in total. The third kappa shape index (κ3) is 1.79. The lowest BCUT2D eigenvalue weighted by atomic mass is 9.92. The van der Waals surface area contributed by atoms with Gasteiger partial charge in [-0.2, -0.15) is 0 Å². The Labute approximate surface area is 90.2 Å². The van der Waals surface area contributed by atoms with Crippen molar-refractivity contribution in [1.29, 1.82) is 0 Å². The Bertz CT molecular complexity index is 363. The summed E-state index contributed by atoms with van der Waals surface area (Å²) in [6.07, 6.45) is 0.973. The molecule has 15 heavy (non-hydrogen) atoms. The van der Waals surface area contributed by atoms with Crippen molar-refractivity contribution in [2.45, 2.75) is 26.2 Å². The maximum absolute atomic E-state index is 5.59. The van der Waals surface area contributed by atoms with E-state index < -0.39 is 0 Å². The summed E-state index contributed by atoms with van der Waals surface area (Å²) < 4.78 is 10.9. The summed E-state index contributed by atoms with van der Waals surface area (Å²) in [5, 5.41) is 0. The normalized spacial score (nSPS) is 15.4. The molecular weight excluding hydrogens is 190 g/mol. The number of hydrogen-bond donors (Lipinski definition) is 1. The third-order valence-electron chi connectivity index (χ3n) is 2.89. The standard InChI is InChI=1S/C12H17NO2/c1-8-3-4-10-12(15-7-14-10)11(8)9(2)5-6-13/h3-4,9H,5-7,13H2,1-2H3. The van der Waals surface area contributed by atoms with E-state index in [9.17, 15) is 0 Å². The molecule has 1 heterocycles. The van der Waals surface area contributed by atoms with Crippen molar-refractivity contribution in [3.8, 4) is 11.5 Å². The van der Waals surface area contributed by atoms with Gasteiger partial charge in [0.25, 0.3) is 0 Å². The molecule has 2 rings (SSSR count). The number of fused-ring (bicyclic) bond motifs is 1. The fourth-order valence-corrected chi connectivity index (χ4v) is 2.10. The minimum Gasteiger partial charge on any atom is -0.454 e. The van der Waals surface area contributed by atoms with E-state index in [-0.39, 0.29) is 0 Å². The van der Waals surface area contributed by atoms with Crippen molar-refractivity contribution in [3.05, 3.63) is 23.3 Å². The van der Waals surface area contributed by atoms with Crippen LogP contribution in [0.4, 0.5) is 0 Å². The molecule has 0 saturated carbocycles. The first kappa shape index (κ1) is 10.3. The Morgan fingerprint density at radius 3 is 2.93 bits per heavy atom. The van der Waals surface area contributed by atoms with Crippen molar-refractivity contribution >= 4 is 0 Å². The molecule has 1 unspecified atom stereocenters. The van der Waals surface area contributed by atoms with Crippen LogP contribution < -0.4 is 15.2 Å². The van der Waals surface area contributed by atoms with Gasteiger partial charge in [0, 0.05) is 5.56 Å². The highest BCUT2D eigenvalue weighted by molar-refractivity contribution is 5.53. The van der Waals surface area contributed by atoms with Crippen molar-refractivity contribution in [2.24, 2.45) is 5.73 Å². The van der Waals surface area contributed by atoms with Gasteiger partial charge in [0.2, 0.25) is 6.79 Å². The predicted octanol–water partition coefficient (Wildman–Crippen LogP) is 2.18. The summed E-state index contributed by atoms with van der Waals surface area (Å²) in [6.45, 7) is 5.31. The van der Waals surface area contributed by atoms with E-state index in [1.54, 1.807) is 0 Å². The first-order valence-electron chi connectivity index (χ1n) is 5.33. The van der Waals surface area contributed by atoms with E-state index in [1.807, 2.05) is 6.07 Å². The van der Waals surface area contributed by atoms with Crippen molar-refractivity contribution in [1.82, 2.24) is 0 Å². The van der Waals surface area contributed by atoms with Crippen molar-refractivity contribution in [2.75, 3.05) is 13.3 Å². The summed E-state index contributed by atoms with van der Waals surface area (Å²) in [5.41, 5.74) is 8.09. The zero-order chi connectivity index (χ0) is 10.8. The topological polar surface area (TPSA) is 44.5 Å². The predicted molar refractivity (Wildman–Crippen MR) is 59.4 cm³/mol. The van der Waals surface area contributed by atoms with Gasteiger partial charge in [-0.05, 0) is 37.4 Å². The van der Waals surface area contributed by atoms with Crippen LogP contribution in [0.3, 0.4) is 0 Å². The molecule has 0 aromatic heterocycles. The van der Waals surface area contributed by atoms with Gasteiger partial charge in [0.05, 0.1) is 0 Å². The number of benzene rings is 1. The highest BCUT2D eigenvalue weighted by atomic mass is 16.7. The average molecular weight is 207 g/mol. The smallest absolute Gasteiger partial charge is 0.231 e. The van der Waals surface area contributed by atoms with Crippen LogP contribution >= 0.6 is 0 Å². The number of rotatable bonds is 3. The average Bonchev–Trinajstić information content (AvgIpc) is 2.65. The van der Waals surface area contributed by atoms with Gasteiger partial charge in [-0.1, -0.05) is 13.0 Å². The zero-order valence-corrected chi connectivity index (χ0v) is 9.25. The molecule has 0 saturated heterocycles. The summed E-state index contributed by atoms with van der Waals surface area (Å²) in [5.74, 6) is 2.20. The van der Waals surface area contributed by atoms with Gasteiger partial charge in [-0.3, -0.25) is 0 Å². The van der Waals surface area contributed by atoms with E-state index >= 15 is 0 Å². The first-order chi connectivity index (χ1) is 7.24. The number of aryl methyl sites for hydroxylation is 1. The lowest BCUT2D eigenvalue weighted by Gasteiger charge is -2.15. The first-order valence-corrected chi connectivity index (χ1v) is 5.33. The lowest BCUT2D eigenvalue weighted by molar-refractivity contribution is 0.173. The van der Waals surface area contributed by atoms with Crippen LogP contribution in [0.2, 0.25) is 0 Å². The minimum atomic E-state index is 0.334. The minimum absolute atomic E-state index is 0.334. The molecule has 1 aliphatic heterocycles. The molecule has 0 radical (unpaired) electrons. The molecule has 82 valence electrons. The van der Waals surface area contributed by atoms with Gasteiger partial charge < -0.3 is 15.2 Å². The summed E-state index contributed by atoms with van der Waals surface area (Å²) >= 11 is 0. The van der Waals surface area contributed by atoms with Gasteiger partial charge >= 0.3 is 0 Å². The van der Waals surface area contributed by atoms with E-state index in [2.05, 4.69) is 19.9 Å². The Morgan fingerprint density at radius 2 is 2.20 bits per heavy atom. The Morgan fingerprint density at radius 1 is 1.40 bits per heavy atom. The van der Waals surface area contributed by atoms with Crippen LogP contribution in [0.1, 0.15) is 30.4 Å². The largest absolute Gasteiger partial charge is 0.454 e. The zero-order valence-electron chi connectivity index (χ0n) is 9.25. The van der Waals surface area contributed by atoms with E-state index in [1.165, 1.54) is 11.1 Å². The molecule has 1 aromatic rings. The van der Waals surface area contributed by atoms with E-state index in [0.717, 1.165) is 17.9 Å². The Hall–Kier alpha value is -1.22. The summed E-state index contributed by atoms with van der Waals surface area (Å²) in [6, 6.07) is 4.05. The second kappa shape index (κ2) is 4.11. The Kier molecular flexibility index (Phi) is 2.82. The molecule has 0 amide bonds. The maximum atomic E-state index is 5.59. The number of ether oxygens (including phenoxy) is 2. The van der Waals surface area contributed by atoms with Crippen LogP contribution in [0.25, 0.3) is 0 Å². The van der Waals surface area contributed by atoms with E-state index in [0.29, 0.717) is 19.3 Å². The molecule has 1 atom stereocenters. The monoisotopic (exact) mass is 207 g/mol. The molecule has 1 aromatic carbocycles. The quantitative estimate of drug-likeness (QED) is 0.826. The Balaban J connectivity index is 2.40.